The summed E-state index contributed by atoms with van der Waals surface area (Å²) in [4.78, 5) is 24.6. The second-order valence-electron chi connectivity index (χ2n) is 5.48. The molecule has 0 radical (unpaired) electrons. The third kappa shape index (κ3) is 5.29. The first kappa shape index (κ1) is 20.4. The lowest BCUT2D eigenvalue weighted by molar-refractivity contribution is -0.123. The molecule has 7 nitrogen and oxygen atoms in total. The van der Waals surface area contributed by atoms with Gasteiger partial charge >= 0.3 is 5.97 Å². The summed E-state index contributed by atoms with van der Waals surface area (Å²) in [5.74, 6) is -0.539. The van der Waals surface area contributed by atoms with E-state index in [0.29, 0.717) is 40.7 Å². The fraction of sp³-hybridized carbons (Fsp3) is 0.316. The number of esters is 1. The molecule has 0 saturated heterocycles. The third-order valence-corrected chi connectivity index (χ3v) is 4.48. The Morgan fingerprint density at radius 3 is 2.78 bits per heavy atom. The van der Waals surface area contributed by atoms with Gasteiger partial charge < -0.3 is 19.5 Å². The largest absolute Gasteiger partial charge is 0.496 e. The van der Waals surface area contributed by atoms with Crippen LogP contribution in [0.3, 0.4) is 0 Å². The number of thiophene rings is 1. The summed E-state index contributed by atoms with van der Waals surface area (Å²) in [6, 6.07) is 8.43. The number of anilines is 1. The summed E-state index contributed by atoms with van der Waals surface area (Å²) in [6.45, 7) is 4.17. The van der Waals surface area contributed by atoms with E-state index in [2.05, 4.69) is 5.32 Å². The minimum atomic E-state index is -1.02. The number of hydrogen-bond donors (Lipinski definition) is 1. The highest BCUT2D eigenvalue weighted by molar-refractivity contribution is 7.14. The number of nitrogens with zero attached hydrogens (tertiary/aromatic N) is 1. The van der Waals surface area contributed by atoms with E-state index < -0.39 is 18.0 Å². The summed E-state index contributed by atoms with van der Waals surface area (Å²) in [7, 11) is 1.54. The molecule has 1 amide bonds. The molecule has 1 aromatic carbocycles. The van der Waals surface area contributed by atoms with Gasteiger partial charge in [-0.25, -0.2) is 4.79 Å². The molecule has 142 valence electrons. The molecule has 1 atom stereocenters. The Bertz CT molecular complexity index is 856. The molecule has 0 aliphatic rings. The van der Waals surface area contributed by atoms with Gasteiger partial charge in [0.1, 0.15) is 16.8 Å². The predicted molar refractivity (Wildman–Crippen MR) is 101 cm³/mol. The average molecular weight is 388 g/mol. The van der Waals surface area contributed by atoms with Crippen molar-refractivity contribution in [3.63, 3.8) is 0 Å². The third-order valence-electron chi connectivity index (χ3n) is 3.65. The minimum absolute atomic E-state index is 0.291. The Hall–Kier alpha value is -2.89. The van der Waals surface area contributed by atoms with Gasteiger partial charge in [0.15, 0.2) is 6.10 Å². The monoisotopic (exact) mass is 388 g/mol. The fourth-order valence-electron chi connectivity index (χ4n) is 2.22. The summed E-state index contributed by atoms with van der Waals surface area (Å²) < 4.78 is 15.9. The second-order valence-corrected chi connectivity index (χ2v) is 6.39. The molecule has 2 rings (SSSR count). The lowest BCUT2D eigenvalue weighted by Crippen LogP contribution is -2.30. The Labute approximate surface area is 161 Å². The number of nitriles is 1. The quantitative estimate of drug-likeness (QED) is 0.697. The van der Waals surface area contributed by atoms with Crippen LogP contribution in [0, 0.1) is 11.3 Å². The first-order chi connectivity index (χ1) is 13.0. The van der Waals surface area contributed by atoms with Crippen LogP contribution in [-0.2, 0) is 20.9 Å². The number of hydrogen-bond acceptors (Lipinski definition) is 7. The molecule has 8 heteroatoms. The highest BCUT2D eigenvalue weighted by Gasteiger charge is 2.21. The van der Waals surface area contributed by atoms with E-state index >= 15 is 0 Å². The predicted octanol–water partition coefficient (Wildman–Crippen LogP) is 3.35. The van der Waals surface area contributed by atoms with E-state index in [0.717, 1.165) is 0 Å². The molecule has 0 unspecified atom stereocenters. The van der Waals surface area contributed by atoms with Crippen LogP contribution in [-0.4, -0.2) is 31.7 Å². The van der Waals surface area contributed by atoms with Crippen LogP contribution in [0.1, 0.15) is 35.3 Å². The molecular formula is C19H20N2O5S. The first-order valence-electron chi connectivity index (χ1n) is 8.24. The van der Waals surface area contributed by atoms with Crippen molar-refractivity contribution in [2.24, 2.45) is 0 Å². The van der Waals surface area contributed by atoms with Gasteiger partial charge in [0.2, 0.25) is 0 Å². The molecule has 1 heterocycles. The molecule has 0 bridgehead atoms. The molecule has 0 aliphatic heterocycles. The highest BCUT2D eigenvalue weighted by Crippen LogP contribution is 2.23. The Morgan fingerprint density at radius 2 is 2.11 bits per heavy atom. The fourth-order valence-corrected chi connectivity index (χ4v) is 2.96. The molecule has 0 saturated carbocycles. The molecule has 0 spiro atoms. The molecule has 1 N–H and O–H groups in total. The molecule has 0 fully saturated rings. The smallest absolute Gasteiger partial charge is 0.338 e. The van der Waals surface area contributed by atoms with Crippen LogP contribution >= 0.6 is 11.3 Å². The Kier molecular flexibility index (Phi) is 7.34. The SMILES string of the molecule is CCOCc1cc(C(=O)O[C@H](C)C(=O)Nc2sccc2C#N)ccc1OC. The minimum Gasteiger partial charge on any atom is -0.496 e. The topological polar surface area (TPSA) is 97.6 Å². The maximum atomic E-state index is 12.4. The van der Waals surface area contributed by atoms with Crippen molar-refractivity contribution in [3.05, 3.63) is 46.3 Å². The highest BCUT2D eigenvalue weighted by atomic mass is 32.1. The summed E-state index contributed by atoms with van der Waals surface area (Å²) in [6.07, 6.45) is -1.02. The van der Waals surface area contributed by atoms with Gasteiger partial charge in [-0.1, -0.05) is 0 Å². The van der Waals surface area contributed by atoms with E-state index in [-0.39, 0.29) is 0 Å². The standard InChI is InChI=1S/C19H20N2O5S/c1-4-25-11-15-9-13(5-6-16(15)24-3)19(23)26-12(2)17(22)21-18-14(10-20)7-8-27-18/h5-9,12H,4,11H2,1-3H3,(H,21,22)/t12-/m1/s1. The van der Waals surface area contributed by atoms with Gasteiger partial charge in [0.05, 0.1) is 24.8 Å². The van der Waals surface area contributed by atoms with Crippen LogP contribution in [0.4, 0.5) is 5.00 Å². The second kappa shape index (κ2) is 9.71. The van der Waals surface area contributed by atoms with Crippen molar-refractivity contribution >= 4 is 28.2 Å². The molecule has 27 heavy (non-hydrogen) atoms. The van der Waals surface area contributed by atoms with Crippen LogP contribution in [0.5, 0.6) is 5.75 Å². The number of rotatable bonds is 8. The van der Waals surface area contributed by atoms with Gasteiger partial charge in [-0.2, -0.15) is 5.26 Å². The molecule has 1 aromatic heterocycles. The van der Waals surface area contributed by atoms with Crippen LogP contribution in [0.25, 0.3) is 0 Å². The van der Waals surface area contributed by atoms with Crippen LogP contribution in [0.15, 0.2) is 29.6 Å². The lowest BCUT2D eigenvalue weighted by atomic mass is 10.1. The zero-order valence-electron chi connectivity index (χ0n) is 15.3. The zero-order chi connectivity index (χ0) is 19.8. The van der Waals surface area contributed by atoms with E-state index in [4.69, 9.17) is 19.5 Å². The first-order valence-corrected chi connectivity index (χ1v) is 9.12. The summed E-state index contributed by atoms with van der Waals surface area (Å²) in [5, 5.41) is 13.7. The number of nitrogens with one attached hydrogen (secondary N) is 1. The molecule has 0 aliphatic carbocycles. The van der Waals surface area contributed by atoms with Gasteiger partial charge in [0, 0.05) is 12.2 Å². The number of benzene rings is 1. The van der Waals surface area contributed by atoms with Crippen molar-refractivity contribution in [2.45, 2.75) is 26.6 Å². The molecular weight excluding hydrogens is 368 g/mol. The van der Waals surface area contributed by atoms with Crippen molar-refractivity contribution in [3.8, 4) is 11.8 Å². The van der Waals surface area contributed by atoms with Crippen LogP contribution in [0.2, 0.25) is 0 Å². The van der Waals surface area contributed by atoms with E-state index in [9.17, 15) is 9.59 Å². The van der Waals surface area contributed by atoms with Crippen molar-refractivity contribution < 1.29 is 23.8 Å². The van der Waals surface area contributed by atoms with Crippen molar-refractivity contribution in [1.82, 2.24) is 0 Å². The maximum absolute atomic E-state index is 12.4. The van der Waals surface area contributed by atoms with Gasteiger partial charge in [-0.05, 0) is 43.5 Å². The van der Waals surface area contributed by atoms with E-state index in [1.165, 1.54) is 25.4 Å². The van der Waals surface area contributed by atoms with Crippen molar-refractivity contribution in [2.75, 3.05) is 19.0 Å². The van der Waals surface area contributed by atoms with E-state index in [1.807, 2.05) is 13.0 Å². The Morgan fingerprint density at radius 1 is 1.33 bits per heavy atom. The van der Waals surface area contributed by atoms with Crippen LogP contribution < -0.4 is 10.1 Å². The number of amides is 1. The van der Waals surface area contributed by atoms with Crippen molar-refractivity contribution in [1.29, 1.82) is 5.26 Å². The van der Waals surface area contributed by atoms with Gasteiger partial charge in [-0.15, -0.1) is 11.3 Å². The summed E-state index contributed by atoms with van der Waals surface area (Å²) >= 11 is 1.23. The number of carbonyl (C=O) groups is 2. The maximum Gasteiger partial charge on any atom is 0.338 e. The average Bonchev–Trinajstić information content (AvgIpc) is 3.12. The number of ether oxygens (including phenoxy) is 3. The summed E-state index contributed by atoms with van der Waals surface area (Å²) in [5.41, 5.74) is 1.37. The Balaban J connectivity index is 2.05. The normalized spacial score (nSPS) is 11.3. The number of carbonyl (C=O) groups excluding carboxylic acids is 2. The number of methoxy groups -OCH3 is 1. The lowest BCUT2D eigenvalue weighted by Gasteiger charge is -2.14. The van der Waals surface area contributed by atoms with Gasteiger partial charge in [0.25, 0.3) is 5.91 Å². The molecule has 2 aromatic rings. The zero-order valence-corrected chi connectivity index (χ0v) is 16.1. The van der Waals surface area contributed by atoms with Gasteiger partial charge in [-0.3, -0.25) is 4.79 Å². The van der Waals surface area contributed by atoms with E-state index in [1.54, 1.807) is 29.6 Å².